The Morgan fingerprint density at radius 2 is 2.47 bits per heavy atom. The molecule has 1 aromatic rings. The third kappa shape index (κ3) is 2.45. The predicted molar refractivity (Wildman–Crippen MR) is 56.9 cm³/mol. The largest absolute Gasteiger partial charge is 0.348 e. The van der Waals surface area contributed by atoms with Gasteiger partial charge in [-0.15, -0.1) is 0 Å². The van der Waals surface area contributed by atoms with Crippen molar-refractivity contribution in [2.45, 2.75) is 19.5 Å². The number of aryl methyl sites for hydroxylation is 1. The van der Waals surface area contributed by atoms with Crippen molar-refractivity contribution >= 4 is 9.84 Å². The molecule has 5 nitrogen and oxygen atoms in total. The molecule has 0 amide bonds. The number of aromatic nitrogens is 2. The SMILES string of the molecule is Cc1[nH]cnc1CNC1C=CS(=O)(=O)C1. The Hall–Kier alpha value is -1.14. The van der Waals surface area contributed by atoms with Gasteiger partial charge in [0.05, 0.1) is 17.8 Å². The Kier molecular flexibility index (Phi) is 2.62. The minimum Gasteiger partial charge on any atom is -0.348 e. The molecule has 15 heavy (non-hydrogen) atoms. The van der Waals surface area contributed by atoms with Gasteiger partial charge in [-0.1, -0.05) is 6.08 Å². The Labute approximate surface area is 88.5 Å². The Morgan fingerprint density at radius 3 is 3.00 bits per heavy atom. The number of hydrogen-bond acceptors (Lipinski definition) is 4. The number of H-pyrrole nitrogens is 1. The van der Waals surface area contributed by atoms with E-state index >= 15 is 0 Å². The van der Waals surface area contributed by atoms with Gasteiger partial charge in [0.15, 0.2) is 9.84 Å². The minimum absolute atomic E-state index is 0.0916. The van der Waals surface area contributed by atoms with Crippen LogP contribution in [0.4, 0.5) is 0 Å². The van der Waals surface area contributed by atoms with E-state index in [0.29, 0.717) is 6.54 Å². The normalized spacial score (nSPS) is 23.4. The first kappa shape index (κ1) is 10.4. The number of imidazole rings is 1. The third-order valence-electron chi connectivity index (χ3n) is 2.40. The molecule has 0 radical (unpaired) electrons. The molecule has 2 N–H and O–H groups in total. The monoisotopic (exact) mass is 227 g/mol. The standard InChI is InChI=1S/C9H13N3O2S/c1-7-9(12-6-11-7)4-10-8-2-3-15(13,14)5-8/h2-3,6,8,10H,4-5H2,1H3,(H,11,12). The van der Waals surface area contributed by atoms with E-state index < -0.39 is 9.84 Å². The van der Waals surface area contributed by atoms with Gasteiger partial charge in [-0.05, 0) is 6.92 Å². The van der Waals surface area contributed by atoms with Crippen molar-refractivity contribution in [1.82, 2.24) is 15.3 Å². The van der Waals surface area contributed by atoms with Gasteiger partial charge < -0.3 is 10.3 Å². The smallest absolute Gasteiger partial charge is 0.173 e. The van der Waals surface area contributed by atoms with Crippen molar-refractivity contribution in [3.05, 3.63) is 29.2 Å². The van der Waals surface area contributed by atoms with Crippen LogP contribution in [0.15, 0.2) is 17.8 Å². The number of rotatable bonds is 3. The molecule has 1 aliphatic rings. The molecule has 0 bridgehead atoms. The summed E-state index contributed by atoms with van der Waals surface area (Å²) in [6.07, 6.45) is 3.31. The second-order valence-electron chi connectivity index (χ2n) is 3.62. The van der Waals surface area contributed by atoms with E-state index in [9.17, 15) is 8.42 Å². The van der Waals surface area contributed by atoms with Crippen molar-refractivity contribution in [2.24, 2.45) is 0 Å². The summed E-state index contributed by atoms with van der Waals surface area (Å²) in [6.45, 7) is 2.52. The molecule has 0 aliphatic carbocycles. The van der Waals surface area contributed by atoms with Crippen LogP contribution < -0.4 is 5.32 Å². The molecular weight excluding hydrogens is 214 g/mol. The molecule has 82 valence electrons. The lowest BCUT2D eigenvalue weighted by Gasteiger charge is -2.08. The molecular formula is C9H13N3O2S. The second kappa shape index (κ2) is 3.79. The zero-order valence-electron chi connectivity index (χ0n) is 8.40. The van der Waals surface area contributed by atoms with E-state index in [1.165, 1.54) is 5.41 Å². The molecule has 1 atom stereocenters. The molecule has 1 aromatic heterocycles. The van der Waals surface area contributed by atoms with Crippen LogP contribution >= 0.6 is 0 Å². The summed E-state index contributed by atoms with van der Waals surface area (Å²) in [5, 5.41) is 4.40. The number of nitrogens with zero attached hydrogens (tertiary/aromatic N) is 1. The molecule has 6 heteroatoms. The van der Waals surface area contributed by atoms with E-state index in [0.717, 1.165) is 11.4 Å². The highest BCUT2D eigenvalue weighted by atomic mass is 32.2. The van der Waals surface area contributed by atoms with Crippen LogP contribution in [0.3, 0.4) is 0 Å². The van der Waals surface area contributed by atoms with Gasteiger partial charge in [0.1, 0.15) is 0 Å². The molecule has 2 rings (SSSR count). The van der Waals surface area contributed by atoms with Crippen LogP contribution in [0.5, 0.6) is 0 Å². The average Bonchev–Trinajstić information content (AvgIpc) is 2.69. The Morgan fingerprint density at radius 1 is 1.67 bits per heavy atom. The van der Waals surface area contributed by atoms with Crippen molar-refractivity contribution in [3.8, 4) is 0 Å². The lowest BCUT2D eigenvalue weighted by atomic mass is 10.3. The van der Waals surface area contributed by atoms with Crippen molar-refractivity contribution in [3.63, 3.8) is 0 Å². The Bertz CT molecular complexity index is 475. The fraction of sp³-hybridized carbons (Fsp3) is 0.444. The summed E-state index contributed by atoms with van der Waals surface area (Å²) in [5.74, 6) is 0.149. The maximum absolute atomic E-state index is 11.1. The first-order chi connectivity index (χ1) is 7.07. The van der Waals surface area contributed by atoms with E-state index in [4.69, 9.17) is 0 Å². The molecule has 0 saturated carbocycles. The maximum Gasteiger partial charge on any atom is 0.173 e. The van der Waals surface area contributed by atoms with Crippen molar-refractivity contribution in [2.75, 3.05) is 5.75 Å². The summed E-state index contributed by atoms with van der Waals surface area (Å²) in [5.41, 5.74) is 1.93. The summed E-state index contributed by atoms with van der Waals surface area (Å²) < 4.78 is 22.2. The topological polar surface area (TPSA) is 74.8 Å². The van der Waals surface area contributed by atoms with Gasteiger partial charge in [0.25, 0.3) is 0 Å². The number of nitrogens with one attached hydrogen (secondary N) is 2. The van der Waals surface area contributed by atoms with Gasteiger partial charge in [-0.2, -0.15) is 0 Å². The highest BCUT2D eigenvalue weighted by Crippen LogP contribution is 2.09. The van der Waals surface area contributed by atoms with Gasteiger partial charge in [-0.3, -0.25) is 0 Å². The van der Waals surface area contributed by atoms with E-state index in [-0.39, 0.29) is 11.8 Å². The summed E-state index contributed by atoms with van der Waals surface area (Å²) in [6, 6.07) is -0.0916. The zero-order chi connectivity index (χ0) is 10.9. The maximum atomic E-state index is 11.1. The molecule has 2 heterocycles. The average molecular weight is 227 g/mol. The minimum atomic E-state index is -2.97. The molecule has 1 unspecified atom stereocenters. The predicted octanol–water partition coefficient (Wildman–Crippen LogP) is 0.118. The molecule has 0 aromatic carbocycles. The lowest BCUT2D eigenvalue weighted by molar-refractivity contribution is 0.588. The number of hydrogen-bond donors (Lipinski definition) is 2. The second-order valence-corrected chi connectivity index (χ2v) is 5.55. The molecule has 0 fully saturated rings. The van der Waals surface area contributed by atoms with Gasteiger partial charge >= 0.3 is 0 Å². The van der Waals surface area contributed by atoms with E-state index in [1.54, 1.807) is 12.4 Å². The van der Waals surface area contributed by atoms with Crippen LogP contribution in [0, 0.1) is 6.92 Å². The molecule has 1 aliphatic heterocycles. The first-order valence-electron chi connectivity index (χ1n) is 4.70. The molecule has 0 spiro atoms. The Balaban J connectivity index is 1.91. The fourth-order valence-corrected chi connectivity index (χ4v) is 2.77. The van der Waals surface area contributed by atoms with Crippen LogP contribution in [-0.4, -0.2) is 30.2 Å². The van der Waals surface area contributed by atoms with Gasteiger partial charge in [0, 0.05) is 23.7 Å². The van der Waals surface area contributed by atoms with Crippen LogP contribution in [0.2, 0.25) is 0 Å². The van der Waals surface area contributed by atoms with Crippen molar-refractivity contribution < 1.29 is 8.42 Å². The summed E-state index contributed by atoms with van der Waals surface area (Å²) >= 11 is 0. The first-order valence-corrected chi connectivity index (χ1v) is 6.41. The van der Waals surface area contributed by atoms with Gasteiger partial charge in [-0.25, -0.2) is 13.4 Å². The summed E-state index contributed by atoms with van der Waals surface area (Å²) in [4.78, 5) is 7.09. The number of sulfone groups is 1. The van der Waals surface area contributed by atoms with E-state index in [1.807, 2.05) is 6.92 Å². The quantitative estimate of drug-likeness (QED) is 0.769. The fourth-order valence-electron chi connectivity index (χ4n) is 1.50. The van der Waals surface area contributed by atoms with E-state index in [2.05, 4.69) is 15.3 Å². The highest BCUT2D eigenvalue weighted by molar-refractivity contribution is 7.94. The van der Waals surface area contributed by atoms with Crippen LogP contribution in [0.1, 0.15) is 11.4 Å². The number of aromatic amines is 1. The summed E-state index contributed by atoms with van der Waals surface area (Å²) in [7, 11) is -2.97. The highest BCUT2D eigenvalue weighted by Gasteiger charge is 2.21. The lowest BCUT2D eigenvalue weighted by Crippen LogP contribution is -2.29. The van der Waals surface area contributed by atoms with Crippen LogP contribution in [-0.2, 0) is 16.4 Å². The third-order valence-corrected chi connectivity index (χ3v) is 3.79. The van der Waals surface area contributed by atoms with Crippen molar-refractivity contribution in [1.29, 1.82) is 0 Å². The zero-order valence-corrected chi connectivity index (χ0v) is 9.21. The molecule has 0 saturated heterocycles. The van der Waals surface area contributed by atoms with Gasteiger partial charge in [0.2, 0.25) is 0 Å². The van der Waals surface area contributed by atoms with Crippen LogP contribution in [0.25, 0.3) is 0 Å².